The van der Waals surface area contributed by atoms with Crippen LogP contribution in [-0.4, -0.2) is 38.1 Å². The molecular weight excluding hydrogens is 264 g/mol. The van der Waals surface area contributed by atoms with Crippen molar-refractivity contribution in [3.8, 4) is 0 Å². The van der Waals surface area contributed by atoms with Gasteiger partial charge in [0.05, 0.1) is 25.9 Å². The molecule has 2 heterocycles. The molecule has 2 aliphatic heterocycles. The monoisotopic (exact) mass is 298 g/mol. The Kier molecular flexibility index (Phi) is 8.68. The summed E-state index contributed by atoms with van der Waals surface area (Å²) in [5, 5.41) is 0. The molecule has 2 aliphatic rings. The number of hydrogen-bond acceptors (Lipinski definition) is 3. The maximum atomic E-state index is 5.92. The number of hydrogen-bond donors (Lipinski definition) is 0. The first-order chi connectivity index (χ1) is 10.4. The van der Waals surface area contributed by atoms with Gasteiger partial charge < -0.3 is 14.2 Å². The van der Waals surface area contributed by atoms with Crippen LogP contribution in [0.25, 0.3) is 0 Å². The summed E-state index contributed by atoms with van der Waals surface area (Å²) in [6.07, 6.45) is 16.2. The molecule has 2 fully saturated rings. The highest BCUT2D eigenvalue weighted by molar-refractivity contribution is 4.81. The summed E-state index contributed by atoms with van der Waals surface area (Å²) < 4.78 is 16.5. The van der Waals surface area contributed by atoms with Crippen molar-refractivity contribution in [3.05, 3.63) is 0 Å². The molecule has 3 unspecified atom stereocenters. The van der Waals surface area contributed by atoms with Crippen molar-refractivity contribution in [2.75, 3.05) is 19.8 Å². The van der Waals surface area contributed by atoms with Crippen LogP contribution in [0.4, 0.5) is 0 Å². The van der Waals surface area contributed by atoms with Gasteiger partial charge in [-0.25, -0.2) is 0 Å². The van der Waals surface area contributed by atoms with Gasteiger partial charge in [-0.05, 0) is 6.42 Å². The predicted octanol–water partition coefficient (Wildman–Crippen LogP) is 4.48. The highest BCUT2D eigenvalue weighted by Crippen LogP contribution is 2.24. The molecule has 0 aliphatic carbocycles. The molecule has 2 saturated heterocycles. The van der Waals surface area contributed by atoms with Crippen molar-refractivity contribution in [2.45, 2.75) is 95.9 Å². The third kappa shape index (κ3) is 8.80. The quantitative estimate of drug-likeness (QED) is 0.330. The topological polar surface area (TPSA) is 34.3 Å². The van der Waals surface area contributed by atoms with Crippen molar-refractivity contribution in [3.63, 3.8) is 0 Å². The minimum absolute atomic E-state index is 0.322. The molecule has 0 bridgehead atoms. The van der Waals surface area contributed by atoms with Gasteiger partial charge in [0.25, 0.3) is 0 Å². The fourth-order valence-corrected chi connectivity index (χ4v) is 2.87. The van der Waals surface area contributed by atoms with Crippen LogP contribution in [0.2, 0.25) is 0 Å². The van der Waals surface area contributed by atoms with Gasteiger partial charge >= 0.3 is 0 Å². The predicted molar refractivity (Wildman–Crippen MR) is 85.7 cm³/mol. The Morgan fingerprint density at radius 2 is 1.43 bits per heavy atom. The lowest BCUT2D eigenvalue weighted by atomic mass is 10.0. The second kappa shape index (κ2) is 10.6. The van der Waals surface area contributed by atoms with Gasteiger partial charge in [0.15, 0.2) is 0 Å². The van der Waals surface area contributed by atoms with Crippen LogP contribution < -0.4 is 0 Å². The zero-order chi connectivity index (χ0) is 14.8. The lowest BCUT2D eigenvalue weighted by Gasteiger charge is -2.14. The SMILES string of the molecule is CCCCCCCCCCCCC(OCC1CO1)C1CO1. The second-order valence-corrected chi connectivity index (χ2v) is 6.67. The van der Waals surface area contributed by atoms with Gasteiger partial charge in [0, 0.05) is 0 Å². The van der Waals surface area contributed by atoms with Gasteiger partial charge in [-0.1, -0.05) is 71.1 Å². The van der Waals surface area contributed by atoms with Gasteiger partial charge in [-0.2, -0.15) is 0 Å². The molecule has 0 aromatic carbocycles. The van der Waals surface area contributed by atoms with Gasteiger partial charge in [0.2, 0.25) is 0 Å². The van der Waals surface area contributed by atoms with Crippen LogP contribution in [0.3, 0.4) is 0 Å². The third-order valence-electron chi connectivity index (χ3n) is 4.51. The first-order valence-corrected chi connectivity index (χ1v) is 9.25. The summed E-state index contributed by atoms with van der Waals surface area (Å²) in [4.78, 5) is 0. The van der Waals surface area contributed by atoms with E-state index in [1.54, 1.807) is 0 Å². The Hall–Kier alpha value is -0.120. The molecule has 3 nitrogen and oxygen atoms in total. The maximum absolute atomic E-state index is 5.92. The van der Waals surface area contributed by atoms with E-state index >= 15 is 0 Å². The molecule has 124 valence electrons. The Morgan fingerprint density at radius 1 is 0.857 bits per heavy atom. The summed E-state index contributed by atoms with van der Waals surface area (Å²) in [6.45, 7) is 4.83. The third-order valence-corrected chi connectivity index (χ3v) is 4.51. The first-order valence-electron chi connectivity index (χ1n) is 9.25. The van der Waals surface area contributed by atoms with Crippen molar-refractivity contribution in [1.82, 2.24) is 0 Å². The highest BCUT2D eigenvalue weighted by Gasteiger charge is 2.34. The van der Waals surface area contributed by atoms with E-state index in [9.17, 15) is 0 Å². The molecule has 0 N–H and O–H groups in total. The maximum Gasteiger partial charge on any atom is 0.107 e. The average Bonchev–Trinajstić information content (AvgIpc) is 3.37. The molecule has 0 spiro atoms. The number of epoxide rings is 2. The molecule has 2 rings (SSSR count). The molecule has 0 aromatic heterocycles. The zero-order valence-electron chi connectivity index (χ0n) is 13.9. The minimum Gasteiger partial charge on any atom is -0.373 e. The van der Waals surface area contributed by atoms with Gasteiger partial charge in [0.1, 0.15) is 12.2 Å². The Labute approximate surface area is 130 Å². The molecule has 3 heteroatoms. The zero-order valence-corrected chi connectivity index (χ0v) is 13.9. The Bertz CT molecular complexity index is 249. The van der Waals surface area contributed by atoms with E-state index in [1.165, 1.54) is 64.2 Å². The van der Waals surface area contributed by atoms with E-state index in [0.29, 0.717) is 18.3 Å². The lowest BCUT2D eigenvalue weighted by molar-refractivity contribution is 0.0179. The average molecular weight is 298 g/mol. The molecule has 0 aromatic rings. The molecular formula is C18H34O3. The van der Waals surface area contributed by atoms with Crippen LogP contribution >= 0.6 is 0 Å². The van der Waals surface area contributed by atoms with Crippen LogP contribution in [-0.2, 0) is 14.2 Å². The molecule has 3 atom stereocenters. The Balaban J connectivity index is 1.36. The largest absolute Gasteiger partial charge is 0.373 e. The number of rotatable bonds is 15. The van der Waals surface area contributed by atoms with E-state index in [-0.39, 0.29) is 0 Å². The summed E-state index contributed by atoms with van der Waals surface area (Å²) in [7, 11) is 0. The van der Waals surface area contributed by atoms with E-state index in [0.717, 1.165) is 26.2 Å². The standard InChI is InChI=1S/C18H34O3/c1-2-3-4-5-6-7-8-9-10-11-12-17(18-15-21-18)20-14-16-13-19-16/h16-18H,2-15H2,1H3. The van der Waals surface area contributed by atoms with E-state index in [4.69, 9.17) is 14.2 Å². The van der Waals surface area contributed by atoms with E-state index in [2.05, 4.69) is 6.92 Å². The summed E-state index contributed by atoms with van der Waals surface area (Å²) in [6, 6.07) is 0. The van der Waals surface area contributed by atoms with Crippen LogP contribution in [0.5, 0.6) is 0 Å². The first kappa shape index (κ1) is 17.2. The summed E-state index contributed by atoms with van der Waals surface area (Å²) in [5.74, 6) is 0. The van der Waals surface area contributed by atoms with Crippen molar-refractivity contribution in [2.24, 2.45) is 0 Å². The van der Waals surface area contributed by atoms with Crippen LogP contribution in [0.15, 0.2) is 0 Å². The Morgan fingerprint density at radius 3 is 1.95 bits per heavy atom. The highest BCUT2D eigenvalue weighted by atomic mass is 16.6. The molecule has 21 heavy (non-hydrogen) atoms. The van der Waals surface area contributed by atoms with Crippen molar-refractivity contribution in [1.29, 1.82) is 0 Å². The summed E-state index contributed by atoms with van der Waals surface area (Å²) >= 11 is 0. The summed E-state index contributed by atoms with van der Waals surface area (Å²) in [5.41, 5.74) is 0. The molecule has 0 saturated carbocycles. The second-order valence-electron chi connectivity index (χ2n) is 6.67. The lowest BCUT2D eigenvalue weighted by Crippen LogP contribution is -2.22. The van der Waals surface area contributed by atoms with Gasteiger partial charge in [-0.15, -0.1) is 0 Å². The minimum atomic E-state index is 0.322. The number of unbranched alkanes of at least 4 members (excludes halogenated alkanes) is 9. The normalized spacial score (nSPS) is 25.0. The molecule has 0 radical (unpaired) electrons. The van der Waals surface area contributed by atoms with E-state index in [1.807, 2.05) is 0 Å². The van der Waals surface area contributed by atoms with Crippen molar-refractivity contribution >= 4 is 0 Å². The van der Waals surface area contributed by atoms with E-state index < -0.39 is 0 Å². The fourth-order valence-electron chi connectivity index (χ4n) is 2.87. The van der Waals surface area contributed by atoms with Crippen molar-refractivity contribution < 1.29 is 14.2 Å². The van der Waals surface area contributed by atoms with Gasteiger partial charge in [-0.3, -0.25) is 0 Å². The molecule has 0 amide bonds. The number of ether oxygens (including phenoxy) is 3. The van der Waals surface area contributed by atoms with Crippen LogP contribution in [0.1, 0.15) is 77.6 Å². The fraction of sp³-hybridized carbons (Fsp3) is 1.00. The smallest absolute Gasteiger partial charge is 0.107 e. The van der Waals surface area contributed by atoms with Crippen LogP contribution in [0, 0.1) is 0 Å².